The lowest BCUT2D eigenvalue weighted by Crippen LogP contribution is -2.42. The number of esters is 1. The summed E-state index contributed by atoms with van der Waals surface area (Å²) in [5.74, 6) is 0.0481. The number of carbonyl (C=O) groups excluding carboxylic acids is 3. The SMILES string of the molecule is COC(=O)[C@@H](C)N1C(=O)S/C(=C/c2cc(OC)c(N3CCCC3)cc2OC)C1=O. The fraction of sp³-hybridized carbons (Fsp3) is 0.450. The largest absolute Gasteiger partial charge is 0.496 e. The molecular weight excluding hydrogens is 396 g/mol. The molecular formula is C20H24N2O6S. The number of hydrogen-bond donors (Lipinski definition) is 0. The maximum absolute atomic E-state index is 12.7. The van der Waals surface area contributed by atoms with Gasteiger partial charge < -0.3 is 19.1 Å². The van der Waals surface area contributed by atoms with Gasteiger partial charge >= 0.3 is 5.97 Å². The Labute approximate surface area is 173 Å². The molecule has 29 heavy (non-hydrogen) atoms. The molecule has 2 aliphatic rings. The van der Waals surface area contributed by atoms with E-state index >= 15 is 0 Å². The van der Waals surface area contributed by atoms with Crippen LogP contribution >= 0.6 is 11.8 Å². The lowest BCUT2D eigenvalue weighted by molar-refractivity contribution is -0.148. The van der Waals surface area contributed by atoms with Crippen molar-refractivity contribution in [2.45, 2.75) is 25.8 Å². The highest BCUT2D eigenvalue weighted by Crippen LogP contribution is 2.40. The number of carbonyl (C=O) groups is 3. The molecule has 0 bridgehead atoms. The van der Waals surface area contributed by atoms with Gasteiger partial charge in [-0.2, -0.15) is 0 Å². The molecule has 2 aliphatic heterocycles. The average Bonchev–Trinajstić information content (AvgIpc) is 3.35. The zero-order valence-electron chi connectivity index (χ0n) is 16.9. The molecule has 0 radical (unpaired) electrons. The predicted molar refractivity (Wildman–Crippen MR) is 110 cm³/mol. The van der Waals surface area contributed by atoms with E-state index in [1.165, 1.54) is 14.0 Å². The van der Waals surface area contributed by atoms with Crippen LogP contribution in [-0.2, 0) is 14.3 Å². The fourth-order valence-corrected chi connectivity index (χ4v) is 4.35. The number of hydrogen-bond acceptors (Lipinski definition) is 8. The summed E-state index contributed by atoms with van der Waals surface area (Å²) in [6.07, 6.45) is 3.83. The molecule has 3 rings (SSSR count). The Kier molecular flexibility index (Phi) is 6.36. The number of imide groups is 1. The van der Waals surface area contributed by atoms with E-state index in [0.717, 1.165) is 48.3 Å². The molecule has 0 spiro atoms. The first-order chi connectivity index (χ1) is 13.9. The van der Waals surface area contributed by atoms with Crippen LogP contribution < -0.4 is 14.4 Å². The van der Waals surface area contributed by atoms with Crippen molar-refractivity contribution in [2.75, 3.05) is 39.3 Å². The van der Waals surface area contributed by atoms with E-state index in [1.807, 2.05) is 6.07 Å². The third-order valence-corrected chi connectivity index (χ3v) is 5.90. The number of rotatable bonds is 6. The van der Waals surface area contributed by atoms with Crippen LogP contribution in [0.15, 0.2) is 17.0 Å². The van der Waals surface area contributed by atoms with E-state index in [4.69, 9.17) is 9.47 Å². The summed E-state index contributed by atoms with van der Waals surface area (Å²) in [5, 5.41) is -0.515. The number of nitrogens with zero attached hydrogens (tertiary/aromatic N) is 2. The Morgan fingerprint density at radius 1 is 1.10 bits per heavy atom. The van der Waals surface area contributed by atoms with E-state index < -0.39 is 23.2 Å². The zero-order valence-corrected chi connectivity index (χ0v) is 17.7. The first kappa shape index (κ1) is 21.0. The lowest BCUT2D eigenvalue weighted by Gasteiger charge is -2.22. The van der Waals surface area contributed by atoms with Gasteiger partial charge in [0, 0.05) is 24.7 Å². The van der Waals surface area contributed by atoms with E-state index in [9.17, 15) is 14.4 Å². The smallest absolute Gasteiger partial charge is 0.328 e. The van der Waals surface area contributed by atoms with Crippen LogP contribution in [0.25, 0.3) is 6.08 Å². The molecule has 0 N–H and O–H groups in total. The van der Waals surface area contributed by atoms with E-state index in [1.54, 1.807) is 26.4 Å². The average molecular weight is 420 g/mol. The number of amides is 2. The third-order valence-electron chi connectivity index (χ3n) is 5.02. The summed E-state index contributed by atoms with van der Waals surface area (Å²) in [4.78, 5) is 40.2. The Balaban J connectivity index is 1.96. The number of benzene rings is 1. The van der Waals surface area contributed by atoms with Gasteiger partial charge in [-0.15, -0.1) is 0 Å². The molecule has 1 atom stereocenters. The summed E-state index contributed by atoms with van der Waals surface area (Å²) in [6.45, 7) is 3.35. The van der Waals surface area contributed by atoms with Crippen molar-refractivity contribution in [1.29, 1.82) is 0 Å². The number of methoxy groups -OCH3 is 3. The molecule has 2 saturated heterocycles. The molecule has 1 aromatic rings. The summed E-state index contributed by atoms with van der Waals surface area (Å²) in [7, 11) is 4.36. The second kappa shape index (κ2) is 8.77. The normalized spacial score (nSPS) is 19.1. The maximum Gasteiger partial charge on any atom is 0.328 e. The first-order valence-electron chi connectivity index (χ1n) is 9.27. The third kappa shape index (κ3) is 4.05. The van der Waals surface area contributed by atoms with Crippen LogP contribution in [0, 0.1) is 0 Å². The number of ether oxygens (including phenoxy) is 3. The standard InChI is InChI=1S/C20H24N2O6S/c1-12(19(24)28-4)22-18(23)17(29-20(22)25)10-13-9-16(27-3)14(11-15(13)26-2)21-7-5-6-8-21/h9-12H,5-8H2,1-4H3/b17-10+/t12-/m1/s1. The molecule has 2 amide bonds. The summed E-state index contributed by atoms with van der Waals surface area (Å²) >= 11 is 0.779. The molecule has 2 fully saturated rings. The Morgan fingerprint density at radius 3 is 2.34 bits per heavy atom. The van der Waals surface area contributed by atoms with Crippen molar-refractivity contribution in [3.05, 3.63) is 22.6 Å². The van der Waals surface area contributed by atoms with Gasteiger partial charge in [-0.05, 0) is 43.7 Å². The van der Waals surface area contributed by atoms with Crippen LogP contribution in [0.5, 0.6) is 11.5 Å². The Morgan fingerprint density at radius 2 is 1.76 bits per heavy atom. The molecule has 0 saturated carbocycles. The quantitative estimate of drug-likeness (QED) is 0.513. The number of anilines is 1. The molecule has 9 heteroatoms. The molecule has 0 aromatic heterocycles. The predicted octanol–water partition coefficient (Wildman–Crippen LogP) is 2.90. The Hall–Kier alpha value is -2.68. The second-order valence-electron chi connectivity index (χ2n) is 6.71. The van der Waals surface area contributed by atoms with Crippen molar-refractivity contribution in [3.8, 4) is 11.5 Å². The van der Waals surface area contributed by atoms with Crippen LogP contribution in [0.1, 0.15) is 25.3 Å². The van der Waals surface area contributed by atoms with Crippen molar-refractivity contribution in [3.63, 3.8) is 0 Å². The van der Waals surface area contributed by atoms with Gasteiger partial charge in [0.2, 0.25) is 0 Å². The summed E-state index contributed by atoms with van der Waals surface area (Å²) < 4.78 is 15.7. The van der Waals surface area contributed by atoms with Crippen molar-refractivity contribution in [1.82, 2.24) is 4.90 Å². The van der Waals surface area contributed by atoms with Crippen LogP contribution in [0.4, 0.5) is 10.5 Å². The van der Waals surface area contributed by atoms with Gasteiger partial charge in [0.1, 0.15) is 17.5 Å². The van der Waals surface area contributed by atoms with Gasteiger partial charge in [-0.25, -0.2) is 4.79 Å². The fourth-order valence-electron chi connectivity index (χ4n) is 3.45. The van der Waals surface area contributed by atoms with Crippen LogP contribution in [0.2, 0.25) is 0 Å². The van der Waals surface area contributed by atoms with Crippen molar-refractivity contribution < 1.29 is 28.6 Å². The van der Waals surface area contributed by atoms with Gasteiger partial charge in [0.15, 0.2) is 0 Å². The summed E-state index contributed by atoms with van der Waals surface area (Å²) in [5.41, 5.74) is 1.55. The molecule has 2 heterocycles. The highest BCUT2D eigenvalue weighted by Gasteiger charge is 2.41. The van der Waals surface area contributed by atoms with Crippen molar-refractivity contribution in [2.24, 2.45) is 0 Å². The van der Waals surface area contributed by atoms with Gasteiger partial charge in [-0.3, -0.25) is 14.5 Å². The minimum absolute atomic E-state index is 0.208. The maximum atomic E-state index is 12.7. The summed E-state index contributed by atoms with van der Waals surface area (Å²) in [6, 6.07) is 2.69. The molecule has 156 valence electrons. The highest BCUT2D eigenvalue weighted by molar-refractivity contribution is 8.18. The topological polar surface area (TPSA) is 85.4 Å². The van der Waals surface area contributed by atoms with Crippen LogP contribution in [-0.4, -0.2) is 62.5 Å². The second-order valence-corrected chi connectivity index (χ2v) is 7.70. The molecule has 1 aromatic carbocycles. The Bertz CT molecular complexity index is 863. The van der Waals surface area contributed by atoms with E-state index in [0.29, 0.717) is 17.1 Å². The van der Waals surface area contributed by atoms with Crippen molar-refractivity contribution >= 4 is 40.6 Å². The van der Waals surface area contributed by atoms with Crippen LogP contribution in [0.3, 0.4) is 0 Å². The molecule has 0 unspecified atom stereocenters. The van der Waals surface area contributed by atoms with E-state index in [-0.39, 0.29) is 4.91 Å². The minimum Gasteiger partial charge on any atom is -0.496 e. The molecule has 8 nitrogen and oxygen atoms in total. The van der Waals surface area contributed by atoms with E-state index in [2.05, 4.69) is 9.64 Å². The minimum atomic E-state index is -0.993. The lowest BCUT2D eigenvalue weighted by atomic mass is 10.1. The van der Waals surface area contributed by atoms with Gasteiger partial charge in [0.05, 0.1) is 31.9 Å². The molecule has 0 aliphatic carbocycles. The highest BCUT2D eigenvalue weighted by atomic mass is 32.2. The monoisotopic (exact) mass is 420 g/mol. The van der Waals surface area contributed by atoms with Gasteiger partial charge in [-0.1, -0.05) is 0 Å². The first-order valence-corrected chi connectivity index (χ1v) is 10.1. The number of thioether (sulfide) groups is 1. The van der Waals surface area contributed by atoms with Gasteiger partial charge in [0.25, 0.3) is 11.1 Å². The zero-order chi connectivity index (χ0) is 21.1.